The molecule has 0 spiro atoms. The van der Waals surface area contributed by atoms with Gasteiger partial charge in [0.05, 0.1) is 16.9 Å². The van der Waals surface area contributed by atoms with E-state index in [0.717, 1.165) is 29.4 Å². The number of likely N-dealkylation sites (N-methyl/N-ethyl adjacent to an activating group) is 1. The molecule has 10 heteroatoms. The minimum absolute atomic E-state index is 0.0261. The van der Waals surface area contributed by atoms with Crippen molar-refractivity contribution in [2.75, 3.05) is 52.1 Å². The minimum Gasteiger partial charge on any atom is -0.360 e. The largest absolute Gasteiger partial charge is 0.360 e. The molecule has 1 atom stereocenters. The van der Waals surface area contributed by atoms with Crippen LogP contribution in [0.25, 0.3) is 22.2 Å². The molecular formula is C28H34ClN7O2. The van der Waals surface area contributed by atoms with Crippen LogP contribution in [0.5, 0.6) is 0 Å². The third kappa shape index (κ3) is 5.84. The van der Waals surface area contributed by atoms with E-state index in [-0.39, 0.29) is 23.8 Å². The average Bonchev–Trinajstić information content (AvgIpc) is 3.56. The number of carbonyl (C=O) groups is 2. The van der Waals surface area contributed by atoms with E-state index in [1.54, 1.807) is 12.3 Å². The quantitative estimate of drug-likeness (QED) is 0.448. The van der Waals surface area contributed by atoms with Gasteiger partial charge in [-0.1, -0.05) is 35.9 Å². The van der Waals surface area contributed by atoms with Crippen LogP contribution in [0, 0.1) is 5.92 Å². The van der Waals surface area contributed by atoms with Crippen molar-refractivity contribution < 1.29 is 9.59 Å². The lowest BCUT2D eigenvalue weighted by Gasteiger charge is -2.32. The molecule has 38 heavy (non-hydrogen) atoms. The molecule has 2 saturated heterocycles. The van der Waals surface area contributed by atoms with E-state index in [0.29, 0.717) is 55.7 Å². The maximum atomic E-state index is 13.2. The van der Waals surface area contributed by atoms with E-state index in [4.69, 9.17) is 16.6 Å². The van der Waals surface area contributed by atoms with Crippen molar-refractivity contribution in [3.8, 4) is 11.3 Å². The zero-order valence-electron chi connectivity index (χ0n) is 21.9. The van der Waals surface area contributed by atoms with Gasteiger partial charge >= 0.3 is 0 Å². The molecule has 2 aliphatic heterocycles. The predicted octanol–water partition coefficient (Wildman–Crippen LogP) is 3.65. The Hall–Kier alpha value is -3.43. The number of benzene rings is 1. The number of hydrogen-bond acceptors (Lipinski definition) is 6. The molecule has 1 aromatic carbocycles. The summed E-state index contributed by atoms with van der Waals surface area (Å²) >= 11 is 6.47. The fourth-order valence-corrected chi connectivity index (χ4v) is 5.42. The van der Waals surface area contributed by atoms with Gasteiger partial charge in [-0.25, -0.2) is 9.97 Å². The van der Waals surface area contributed by atoms with E-state index < -0.39 is 0 Å². The van der Waals surface area contributed by atoms with Gasteiger partial charge in [-0.05, 0) is 39.4 Å². The first-order valence-electron chi connectivity index (χ1n) is 13.1. The fraction of sp³-hybridized carbons (Fsp3) is 0.429. The van der Waals surface area contributed by atoms with E-state index in [1.807, 2.05) is 65.3 Å². The van der Waals surface area contributed by atoms with Crippen LogP contribution in [0.4, 0.5) is 5.95 Å². The summed E-state index contributed by atoms with van der Waals surface area (Å²) < 4.78 is 0. The molecule has 0 radical (unpaired) electrons. The standard InChI is InChI=1S/C28H34ClN7O2/c1-34(2)12-5-8-25(37)35-13-9-19(10-14-35)27(38)36-15-11-20(18-36)32-28-31-17-23(29)26(33-28)22-16-30-24-7-4-3-6-21(22)24/h3-8,16-17,19-20,30H,9-15,18H2,1-2H3,(H,31,32,33)/t20-/m1/s1. The second-order valence-electron chi connectivity index (χ2n) is 10.3. The fourth-order valence-electron chi connectivity index (χ4n) is 5.23. The molecule has 2 amide bonds. The summed E-state index contributed by atoms with van der Waals surface area (Å²) in [6.45, 7) is 3.28. The summed E-state index contributed by atoms with van der Waals surface area (Å²) in [7, 11) is 3.94. The molecular weight excluding hydrogens is 502 g/mol. The number of nitrogens with one attached hydrogen (secondary N) is 2. The number of nitrogens with zero attached hydrogens (tertiary/aromatic N) is 5. The highest BCUT2D eigenvalue weighted by molar-refractivity contribution is 6.33. The maximum absolute atomic E-state index is 13.2. The molecule has 0 unspecified atom stereocenters. The third-order valence-corrected chi connectivity index (χ3v) is 7.59. The van der Waals surface area contributed by atoms with E-state index in [2.05, 4.69) is 15.3 Å². The number of H-pyrrole nitrogens is 1. The Morgan fingerprint density at radius 3 is 2.71 bits per heavy atom. The number of hydrogen-bond donors (Lipinski definition) is 2. The van der Waals surface area contributed by atoms with Gasteiger partial charge in [0, 0.05) is 73.4 Å². The van der Waals surface area contributed by atoms with E-state index in [9.17, 15) is 9.59 Å². The molecule has 3 aromatic rings. The van der Waals surface area contributed by atoms with Crippen molar-refractivity contribution in [2.45, 2.75) is 25.3 Å². The van der Waals surface area contributed by atoms with Crippen molar-refractivity contribution in [3.05, 3.63) is 53.8 Å². The van der Waals surface area contributed by atoms with Crippen molar-refractivity contribution in [1.29, 1.82) is 0 Å². The molecule has 2 N–H and O–H groups in total. The maximum Gasteiger partial charge on any atom is 0.246 e. The first kappa shape index (κ1) is 26.2. The Morgan fingerprint density at radius 1 is 1.16 bits per heavy atom. The van der Waals surface area contributed by atoms with Crippen molar-refractivity contribution in [3.63, 3.8) is 0 Å². The van der Waals surface area contributed by atoms with Gasteiger partial charge in [0.1, 0.15) is 0 Å². The van der Waals surface area contributed by atoms with Crippen LogP contribution in [0.1, 0.15) is 19.3 Å². The molecule has 0 aliphatic carbocycles. The van der Waals surface area contributed by atoms with Crippen molar-refractivity contribution in [2.24, 2.45) is 5.92 Å². The second-order valence-corrected chi connectivity index (χ2v) is 10.7. The lowest BCUT2D eigenvalue weighted by molar-refractivity contribution is -0.138. The first-order chi connectivity index (χ1) is 18.4. The summed E-state index contributed by atoms with van der Waals surface area (Å²) in [5, 5.41) is 4.94. The SMILES string of the molecule is CN(C)CC=CC(=O)N1CCC(C(=O)N2CC[C@@H](Nc3ncc(Cl)c(-c4c[nH]c5ccccc45)n3)C2)CC1. The Balaban J connectivity index is 1.16. The number of aromatic amines is 1. The van der Waals surface area contributed by atoms with Gasteiger partial charge in [0.2, 0.25) is 17.8 Å². The number of piperidine rings is 1. The Bertz CT molecular complexity index is 1330. The first-order valence-corrected chi connectivity index (χ1v) is 13.5. The topological polar surface area (TPSA) is 97.5 Å². The van der Waals surface area contributed by atoms with E-state index in [1.165, 1.54) is 0 Å². The number of aromatic nitrogens is 3. The van der Waals surface area contributed by atoms with Crippen LogP contribution in [0.2, 0.25) is 5.02 Å². The summed E-state index contributed by atoms with van der Waals surface area (Å²) in [4.78, 5) is 43.8. The average molecular weight is 536 g/mol. The summed E-state index contributed by atoms with van der Waals surface area (Å²) in [6, 6.07) is 8.10. The molecule has 5 rings (SSSR count). The van der Waals surface area contributed by atoms with Gasteiger partial charge in [0.25, 0.3) is 0 Å². The predicted molar refractivity (Wildman–Crippen MR) is 150 cm³/mol. The molecule has 2 aromatic heterocycles. The smallest absolute Gasteiger partial charge is 0.246 e. The van der Waals surface area contributed by atoms with Gasteiger partial charge < -0.3 is 25.0 Å². The van der Waals surface area contributed by atoms with Crippen LogP contribution in [0.3, 0.4) is 0 Å². The highest BCUT2D eigenvalue weighted by Gasteiger charge is 2.33. The number of anilines is 1. The zero-order chi connectivity index (χ0) is 26.6. The molecule has 200 valence electrons. The highest BCUT2D eigenvalue weighted by Crippen LogP contribution is 2.32. The number of rotatable bonds is 7. The van der Waals surface area contributed by atoms with Crippen LogP contribution in [-0.2, 0) is 9.59 Å². The van der Waals surface area contributed by atoms with E-state index >= 15 is 0 Å². The normalized spacial score (nSPS) is 18.7. The lowest BCUT2D eigenvalue weighted by Crippen LogP contribution is -2.44. The summed E-state index contributed by atoms with van der Waals surface area (Å²) in [5.74, 6) is 0.672. The lowest BCUT2D eigenvalue weighted by atomic mass is 9.95. The number of carbonyl (C=O) groups excluding carboxylic acids is 2. The monoisotopic (exact) mass is 535 g/mol. The Morgan fingerprint density at radius 2 is 1.92 bits per heavy atom. The highest BCUT2D eigenvalue weighted by atomic mass is 35.5. The zero-order valence-corrected chi connectivity index (χ0v) is 22.6. The Labute approximate surface area is 227 Å². The molecule has 0 saturated carbocycles. The number of likely N-dealkylation sites (tertiary alicyclic amines) is 2. The van der Waals surface area contributed by atoms with Crippen molar-refractivity contribution in [1.82, 2.24) is 29.7 Å². The second kappa shape index (κ2) is 11.5. The molecule has 2 aliphatic rings. The third-order valence-electron chi connectivity index (χ3n) is 7.31. The van der Waals surface area contributed by atoms with Crippen molar-refractivity contribution >= 4 is 40.3 Å². The van der Waals surface area contributed by atoms with Crippen LogP contribution < -0.4 is 5.32 Å². The van der Waals surface area contributed by atoms with Crippen LogP contribution in [-0.4, -0.2) is 94.3 Å². The Kier molecular flexibility index (Phi) is 7.95. The minimum atomic E-state index is -0.0381. The summed E-state index contributed by atoms with van der Waals surface area (Å²) in [5.41, 5.74) is 2.62. The van der Waals surface area contributed by atoms with Gasteiger partial charge in [-0.2, -0.15) is 0 Å². The van der Waals surface area contributed by atoms with Gasteiger partial charge in [-0.3, -0.25) is 9.59 Å². The number of amides is 2. The molecule has 0 bridgehead atoms. The molecule has 9 nitrogen and oxygen atoms in total. The number of fused-ring (bicyclic) bond motifs is 1. The van der Waals surface area contributed by atoms with Gasteiger partial charge in [0.15, 0.2) is 0 Å². The molecule has 2 fully saturated rings. The summed E-state index contributed by atoms with van der Waals surface area (Å²) in [6.07, 6.45) is 9.29. The molecule has 4 heterocycles. The number of para-hydroxylation sites is 1. The van der Waals surface area contributed by atoms with Crippen LogP contribution in [0.15, 0.2) is 48.8 Å². The van der Waals surface area contributed by atoms with Crippen LogP contribution >= 0.6 is 11.6 Å². The van der Waals surface area contributed by atoms with Gasteiger partial charge in [-0.15, -0.1) is 0 Å². The number of halogens is 1.